The van der Waals surface area contributed by atoms with E-state index in [2.05, 4.69) is 15.3 Å². The molecule has 0 saturated carbocycles. The summed E-state index contributed by atoms with van der Waals surface area (Å²) in [6.45, 7) is 10.7. The zero-order valence-corrected chi connectivity index (χ0v) is 21.3. The molecule has 2 rings (SSSR count). The number of ether oxygens (including phenoxy) is 2. The van der Waals surface area contributed by atoms with Gasteiger partial charge in [0.1, 0.15) is 31.0 Å². The summed E-state index contributed by atoms with van der Waals surface area (Å²) < 4.78 is 10.3. The molecule has 0 aromatic carbocycles. The second-order valence-corrected chi connectivity index (χ2v) is 10.9. The summed E-state index contributed by atoms with van der Waals surface area (Å²) in [6, 6.07) is 0. The van der Waals surface area contributed by atoms with E-state index in [4.69, 9.17) is 14.6 Å². The number of amides is 1. The van der Waals surface area contributed by atoms with Crippen LogP contribution in [0.1, 0.15) is 70.9 Å². The van der Waals surface area contributed by atoms with Crippen molar-refractivity contribution in [3.8, 4) is 0 Å². The van der Waals surface area contributed by atoms with Gasteiger partial charge in [0, 0.05) is 7.05 Å². The van der Waals surface area contributed by atoms with Crippen molar-refractivity contribution in [2.24, 2.45) is 0 Å². The van der Waals surface area contributed by atoms with Crippen LogP contribution in [0.5, 0.6) is 0 Å². The van der Waals surface area contributed by atoms with E-state index in [1.54, 1.807) is 27.8 Å². The lowest BCUT2D eigenvalue weighted by Gasteiger charge is -2.18. The third-order valence-electron chi connectivity index (χ3n) is 3.20. The van der Waals surface area contributed by atoms with Crippen molar-refractivity contribution in [2.75, 3.05) is 7.05 Å². The Kier molecular flexibility index (Phi) is 10.1. The first kappa shape index (κ1) is 28.2. The van der Waals surface area contributed by atoms with Crippen molar-refractivity contribution in [3.05, 3.63) is 32.2 Å². The highest BCUT2D eigenvalue weighted by atomic mass is 32.1. The summed E-state index contributed by atoms with van der Waals surface area (Å²) in [5.74, 6) is -1.97. The van der Waals surface area contributed by atoms with E-state index in [9.17, 15) is 19.2 Å². The number of carbonyl (C=O) groups is 4. The Labute approximate surface area is 200 Å². The van der Waals surface area contributed by atoms with Crippen LogP contribution in [0, 0.1) is 0 Å². The predicted molar refractivity (Wildman–Crippen MR) is 124 cm³/mol. The van der Waals surface area contributed by atoms with E-state index in [1.807, 2.05) is 20.8 Å². The molecule has 10 nitrogen and oxygen atoms in total. The zero-order valence-electron chi connectivity index (χ0n) is 19.7. The molecule has 1 amide bonds. The van der Waals surface area contributed by atoms with Gasteiger partial charge >= 0.3 is 17.9 Å². The van der Waals surface area contributed by atoms with Crippen molar-refractivity contribution in [1.29, 1.82) is 0 Å². The molecule has 0 unspecified atom stereocenters. The first-order valence-corrected chi connectivity index (χ1v) is 11.5. The number of aromatic nitrogens is 2. The van der Waals surface area contributed by atoms with Crippen LogP contribution >= 0.6 is 22.7 Å². The summed E-state index contributed by atoms with van der Waals surface area (Å²) in [5, 5.41) is 12.2. The molecule has 33 heavy (non-hydrogen) atoms. The average molecular weight is 500 g/mol. The molecule has 2 heterocycles. The van der Waals surface area contributed by atoms with Crippen LogP contribution in [0.15, 0.2) is 12.4 Å². The van der Waals surface area contributed by atoms with Crippen molar-refractivity contribution in [2.45, 2.75) is 65.6 Å². The second kappa shape index (κ2) is 11.8. The second-order valence-electron chi connectivity index (χ2n) is 8.65. The monoisotopic (exact) mass is 499 g/mol. The molecular formula is C21H29N3O7S2. The Morgan fingerprint density at radius 1 is 0.848 bits per heavy atom. The third-order valence-corrected chi connectivity index (χ3v) is 5.18. The van der Waals surface area contributed by atoms with Crippen LogP contribution in [-0.4, -0.2) is 57.1 Å². The number of carboxylic acids is 1. The Bertz CT molecular complexity index is 985. The summed E-state index contributed by atoms with van der Waals surface area (Å²) >= 11 is 2.18. The fourth-order valence-corrected chi connectivity index (χ4v) is 3.70. The van der Waals surface area contributed by atoms with Gasteiger partial charge in [0.2, 0.25) is 0 Å². The summed E-state index contributed by atoms with van der Waals surface area (Å²) in [4.78, 5) is 53.3. The lowest BCUT2D eigenvalue weighted by molar-refractivity contribution is -0.155. The van der Waals surface area contributed by atoms with Crippen LogP contribution in [0.2, 0.25) is 0 Å². The standard InChI is InChI=1S/C11H16N2O3S.C10H13NO4S/c1-11(2,3)16-9(14)5-8-13-6-7(17-8)10(15)12-4;1-10(2,3)15-8(12)4-7-11-5-6(16-7)9(13)14/h6H,5H2,1-4H3,(H,12,15);5H,4H2,1-3H3,(H,13,14). The minimum absolute atomic E-state index is 0.00914. The lowest BCUT2D eigenvalue weighted by atomic mass is 10.2. The quantitative estimate of drug-likeness (QED) is 0.573. The van der Waals surface area contributed by atoms with Crippen molar-refractivity contribution >= 4 is 46.5 Å². The van der Waals surface area contributed by atoms with Gasteiger partial charge in [-0.05, 0) is 41.5 Å². The molecule has 2 N–H and O–H groups in total. The molecule has 0 aliphatic rings. The average Bonchev–Trinajstić information content (AvgIpc) is 3.28. The topological polar surface area (TPSA) is 145 Å². The Hall–Kier alpha value is -2.86. The number of hydrogen-bond donors (Lipinski definition) is 2. The number of esters is 2. The Morgan fingerprint density at radius 3 is 1.58 bits per heavy atom. The van der Waals surface area contributed by atoms with Crippen molar-refractivity contribution in [1.82, 2.24) is 15.3 Å². The van der Waals surface area contributed by atoms with E-state index in [0.29, 0.717) is 14.9 Å². The number of aromatic carboxylic acids is 1. The number of nitrogens with one attached hydrogen (secondary N) is 1. The molecule has 0 saturated heterocycles. The largest absolute Gasteiger partial charge is 0.477 e. The van der Waals surface area contributed by atoms with E-state index in [-0.39, 0.29) is 29.6 Å². The lowest BCUT2D eigenvalue weighted by Crippen LogP contribution is -2.24. The van der Waals surface area contributed by atoms with Crippen LogP contribution in [0.3, 0.4) is 0 Å². The number of carbonyl (C=O) groups excluding carboxylic acids is 3. The molecule has 0 spiro atoms. The molecule has 12 heteroatoms. The fourth-order valence-electron chi connectivity index (χ4n) is 2.11. The summed E-state index contributed by atoms with van der Waals surface area (Å²) in [6.07, 6.45) is 2.81. The molecule has 0 aliphatic heterocycles. The van der Waals surface area contributed by atoms with E-state index < -0.39 is 23.1 Å². The van der Waals surface area contributed by atoms with Gasteiger partial charge in [-0.3, -0.25) is 14.4 Å². The molecule has 0 bridgehead atoms. The number of rotatable bonds is 6. The smallest absolute Gasteiger partial charge is 0.347 e. The van der Waals surface area contributed by atoms with Gasteiger partial charge in [0.05, 0.1) is 25.2 Å². The van der Waals surface area contributed by atoms with Gasteiger partial charge in [0.25, 0.3) is 5.91 Å². The maximum atomic E-state index is 11.5. The molecule has 0 radical (unpaired) electrons. The highest BCUT2D eigenvalue weighted by Crippen LogP contribution is 2.16. The minimum Gasteiger partial charge on any atom is -0.477 e. The van der Waals surface area contributed by atoms with Gasteiger partial charge < -0.3 is 19.9 Å². The van der Waals surface area contributed by atoms with Crippen LogP contribution in [-0.2, 0) is 31.9 Å². The van der Waals surface area contributed by atoms with Gasteiger partial charge in [0.15, 0.2) is 0 Å². The van der Waals surface area contributed by atoms with Gasteiger partial charge in [-0.25, -0.2) is 14.8 Å². The number of nitrogens with zero attached hydrogens (tertiary/aromatic N) is 2. The molecule has 0 fully saturated rings. The molecule has 2 aromatic heterocycles. The molecule has 182 valence electrons. The minimum atomic E-state index is -1.03. The Balaban J connectivity index is 0.000000331. The number of hydrogen-bond acceptors (Lipinski definition) is 10. The predicted octanol–water partition coefficient (Wildman–Crippen LogP) is 3.11. The fraction of sp³-hybridized carbons (Fsp3) is 0.524. The molecule has 2 aromatic rings. The Morgan fingerprint density at radius 2 is 1.24 bits per heavy atom. The van der Waals surface area contributed by atoms with Gasteiger partial charge in [-0.1, -0.05) is 0 Å². The SMILES string of the molecule is CC(C)(C)OC(=O)Cc1ncc(C(=O)O)s1.CNC(=O)c1cnc(CC(=O)OC(C)(C)C)s1. The molecule has 0 atom stereocenters. The highest BCUT2D eigenvalue weighted by molar-refractivity contribution is 7.14. The van der Waals surface area contributed by atoms with Crippen LogP contribution < -0.4 is 5.32 Å². The van der Waals surface area contributed by atoms with Gasteiger partial charge in [-0.2, -0.15) is 0 Å². The summed E-state index contributed by atoms with van der Waals surface area (Å²) in [5.41, 5.74) is -1.04. The maximum Gasteiger partial charge on any atom is 0.347 e. The van der Waals surface area contributed by atoms with Gasteiger partial charge in [-0.15, -0.1) is 22.7 Å². The van der Waals surface area contributed by atoms with Crippen LogP contribution in [0.4, 0.5) is 0 Å². The molecule has 0 aliphatic carbocycles. The van der Waals surface area contributed by atoms with E-state index >= 15 is 0 Å². The number of thiazole rings is 2. The van der Waals surface area contributed by atoms with Crippen molar-refractivity contribution < 1.29 is 33.8 Å². The first-order chi connectivity index (χ1) is 15.1. The summed E-state index contributed by atoms with van der Waals surface area (Å²) in [7, 11) is 1.55. The highest BCUT2D eigenvalue weighted by Gasteiger charge is 2.19. The van der Waals surface area contributed by atoms with E-state index in [1.165, 1.54) is 23.7 Å². The first-order valence-electron chi connectivity index (χ1n) is 9.88. The third kappa shape index (κ3) is 11.5. The number of carboxylic acid groups (broad SMARTS) is 1. The maximum absolute atomic E-state index is 11.5. The van der Waals surface area contributed by atoms with E-state index in [0.717, 1.165) is 11.3 Å². The zero-order chi connectivity index (χ0) is 25.4. The van der Waals surface area contributed by atoms with Crippen LogP contribution in [0.25, 0.3) is 0 Å². The normalized spacial score (nSPS) is 11.1. The molecular weight excluding hydrogens is 470 g/mol. The van der Waals surface area contributed by atoms with Crippen molar-refractivity contribution in [3.63, 3.8) is 0 Å².